The average molecular weight is 657 g/mol. The van der Waals surface area contributed by atoms with Crippen LogP contribution in [0.15, 0.2) is 174 Å². The van der Waals surface area contributed by atoms with Gasteiger partial charge in [0.2, 0.25) is 0 Å². The van der Waals surface area contributed by atoms with E-state index in [1.807, 2.05) is 6.07 Å². The Balaban J connectivity index is 1.02. The van der Waals surface area contributed by atoms with Gasteiger partial charge in [0.25, 0.3) is 0 Å². The average Bonchev–Trinajstić information content (AvgIpc) is 3.68. The zero-order valence-corrected chi connectivity index (χ0v) is 28.7. The molecule has 3 heteroatoms. The molecule has 10 rings (SSSR count). The fourth-order valence-electron chi connectivity index (χ4n) is 8.40. The second-order valence-corrected chi connectivity index (χ2v) is 14.2. The summed E-state index contributed by atoms with van der Waals surface area (Å²) in [5, 5.41) is 1.20. The maximum absolute atomic E-state index is 6.46. The van der Waals surface area contributed by atoms with Crippen molar-refractivity contribution in [3.8, 4) is 22.5 Å². The summed E-state index contributed by atoms with van der Waals surface area (Å²) in [5.41, 5.74) is 16.6. The lowest BCUT2D eigenvalue weighted by Gasteiger charge is -2.33. The van der Waals surface area contributed by atoms with Gasteiger partial charge in [0.05, 0.1) is 0 Å². The molecular formula is C48H36N2O. The highest BCUT2D eigenvalue weighted by Gasteiger charge is 2.40. The molecule has 2 heterocycles. The third kappa shape index (κ3) is 4.65. The zero-order chi connectivity index (χ0) is 34.1. The molecule has 1 aliphatic carbocycles. The second kappa shape index (κ2) is 11.4. The molecule has 0 fully saturated rings. The van der Waals surface area contributed by atoms with Crippen molar-refractivity contribution in [3.05, 3.63) is 192 Å². The van der Waals surface area contributed by atoms with Crippen molar-refractivity contribution in [1.29, 1.82) is 0 Å². The minimum absolute atomic E-state index is 0.192. The lowest BCUT2D eigenvalue weighted by atomic mass is 9.81. The zero-order valence-electron chi connectivity index (χ0n) is 28.7. The van der Waals surface area contributed by atoms with Crippen LogP contribution in [0.2, 0.25) is 0 Å². The minimum Gasteiger partial charge on any atom is -0.456 e. The Bertz CT molecular complexity index is 2580. The minimum atomic E-state index is -0.192. The molecule has 0 unspecified atom stereocenters. The molecule has 1 aromatic heterocycles. The predicted octanol–water partition coefficient (Wildman–Crippen LogP) is 13.2. The van der Waals surface area contributed by atoms with Crippen LogP contribution in [0.5, 0.6) is 0 Å². The van der Waals surface area contributed by atoms with E-state index in [9.17, 15) is 0 Å². The van der Waals surface area contributed by atoms with E-state index in [0.29, 0.717) is 0 Å². The number of rotatable bonds is 5. The lowest BCUT2D eigenvalue weighted by Crippen LogP contribution is -2.18. The molecule has 2 aliphatic rings. The van der Waals surface area contributed by atoms with Crippen molar-refractivity contribution in [2.45, 2.75) is 25.7 Å². The SMILES string of the molecule is CC1(C)c2cc(N(c3ccccc3)c3ccc(-c4ccc5c(c4)Cc4ccccc4N5c4ccccc4)cc3)ccc2-c2oc3ccccc3c21. The molecule has 1 aliphatic heterocycles. The molecule has 0 bridgehead atoms. The van der Waals surface area contributed by atoms with Gasteiger partial charge < -0.3 is 14.2 Å². The van der Waals surface area contributed by atoms with Crippen molar-refractivity contribution in [1.82, 2.24) is 0 Å². The summed E-state index contributed by atoms with van der Waals surface area (Å²) in [4.78, 5) is 4.76. The predicted molar refractivity (Wildman–Crippen MR) is 211 cm³/mol. The van der Waals surface area contributed by atoms with Crippen LogP contribution in [0.25, 0.3) is 33.4 Å². The van der Waals surface area contributed by atoms with Gasteiger partial charge in [-0.1, -0.05) is 105 Å². The molecule has 0 N–H and O–H groups in total. The number of nitrogens with zero attached hydrogens (tertiary/aromatic N) is 2. The van der Waals surface area contributed by atoms with E-state index >= 15 is 0 Å². The van der Waals surface area contributed by atoms with Crippen LogP contribution >= 0.6 is 0 Å². The largest absolute Gasteiger partial charge is 0.456 e. The summed E-state index contributed by atoms with van der Waals surface area (Å²) in [7, 11) is 0. The van der Waals surface area contributed by atoms with Gasteiger partial charge in [0, 0.05) is 62.5 Å². The van der Waals surface area contributed by atoms with Crippen molar-refractivity contribution in [2.75, 3.05) is 9.80 Å². The lowest BCUT2D eigenvalue weighted by molar-refractivity contribution is 0.619. The van der Waals surface area contributed by atoms with E-state index in [1.54, 1.807) is 0 Å². The topological polar surface area (TPSA) is 19.6 Å². The molecule has 0 saturated carbocycles. The first-order valence-electron chi connectivity index (χ1n) is 17.7. The molecule has 0 radical (unpaired) electrons. The summed E-state index contributed by atoms with van der Waals surface area (Å²) in [6, 6.07) is 61.3. The molecule has 51 heavy (non-hydrogen) atoms. The van der Waals surface area contributed by atoms with Crippen LogP contribution in [0, 0.1) is 0 Å². The number of hydrogen-bond donors (Lipinski definition) is 0. The molecule has 0 spiro atoms. The molecule has 0 amide bonds. The quantitative estimate of drug-likeness (QED) is 0.184. The van der Waals surface area contributed by atoms with Gasteiger partial charge in [-0.3, -0.25) is 0 Å². The Morgan fingerprint density at radius 2 is 1.20 bits per heavy atom. The molecule has 0 atom stereocenters. The van der Waals surface area contributed by atoms with E-state index in [-0.39, 0.29) is 5.41 Å². The van der Waals surface area contributed by atoms with Gasteiger partial charge in [-0.25, -0.2) is 0 Å². The first-order chi connectivity index (χ1) is 25.0. The summed E-state index contributed by atoms with van der Waals surface area (Å²) >= 11 is 0. The van der Waals surface area contributed by atoms with Gasteiger partial charge in [-0.05, 0) is 107 Å². The van der Waals surface area contributed by atoms with Crippen LogP contribution in [0.1, 0.15) is 36.1 Å². The number of furan rings is 1. The Morgan fingerprint density at radius 1 is 0.549 bits per heavy atom. The second-order valence-electron chi connectivity index (χ2n) is 14.2. The van der Waals surface area contributed by atoms with E-state index in [4.69, 9.17) is 4.42 Å². The smallest absolute Gasteiger partial charge is 0.139 e. The number of benzene rings is 7. The van der Waals surface area contributed by atoms with E-state index in [0.717, 1.165) is 34.8 Å². The van der Waals surface area contributed by atoms with Crippen molar-refractivity contribution in [2.24, 2.45) is 0 Å². The third-order valence-electron chi connectivity index (χ3n) is 10.8. The third-order valence-corrected chi connectivity index (χ3v) is 10.8. The van der Waals surface area contributed by atoms with Gasteiger partial charge in [0.1, 0.15) is 11.3 Å². The van der Waals surface area contributed by atoms with Crippen LogP contribution < -0.4 is 9.80 Å². The van der Waals surface area contributed by atoms with Crippen LogP contribution in [-0.4, -0.2) is 0 Å². The standard InChI is InChI=1S/C48H36N2O/c1-48(2)42-31-39(26-27-40(42)47-46(48)41-18-10-12-20-45(41)51-47)49(36-14-5-3-6-15-36)38-24-21-32(22-25-38)33-23-28-44-35(29-33)30-34-13-9-11-19-43(34)50(44)37-16-7-4-8-17-37/h3-29,31H,30H2,1-2H3. The van der Waals surface area contributed by atoms with Gasteiger partial charge >= 0.3 is 0 Å². The molecule has 8 aromatic rings. The van der Waals surface area contributed by atoms with E-state index in [1.165, 1.54) is 61.4 Å². The fraction of sp³-hybridized carbons (Fsp3) is 0.0833. The van der Waals surface area contributed by atoms with Gasteiger partial charge in [-0.2, -0.15) is 0 Å². The summed E-state index contributed by atoms with van der Waals surface area (Å²) < 4.78 is 6.46. The molecule has 0 saturated heterocycles. The number of para-hydroxylation sites is 4. The summed E-state index contributed by atoms with van der Waals surface area (Å²) in [6.45, 7) is 4.64. The fourth-order valence-corrected chi connectivity index (χ4v) is 8.40. The highest BCUT2D eigenvalue weighted by Crippen LogP contribution is 2.54. The normalized spacial score (nSPS) is 13.7. The summed E-state index contributed by atoms with van der Waals surface area (Å²) in [6.07, 6.45) is 0.909. The molecular weight excluding hydrogens is 621 g/mol. The maximum Gasteiger partial charge on any atom is 0.139 e. The van der Waals surface area contributed by atoms with Crippen molar-refractivity contribution >= 4 is 45.1 Å². The number of fused-ring (bicyclic) bond motifs is 7. The highest BCUT2D eigenvalue weighted by molar-refractivity contribution is 5.95. The molecule has 3 nitrogen and oxygen atoms in total. The van der Waals surface area contributed by atoms with Crippen LogP contribution in [0.4, 0.5) is 34.1 Å². The summed E-state index contributed by atoms with van der Waals surface area (Å²) in [5.74, 6) is 0.999. The first kappa shape index (κ1) is 29.6. The molecule has 244 valence electrons. The maximum atomic E-state index is 6.46. The highest BCUT2D eigenvalue weighted by atomic mass is 16.3. The van der Waals surface area contributed by atoms with Crippen molar-refractivity contribution in [3.63, 3.8) is 0 Å². The Labute approximate surface area is 298 Å². The van der Waals surface area contributed by atoms with Crippen LogP contribution in [-0.2, 0) is 11.8 Å². The van der Waals surface area contributed by atoms with Crippen LogP contribution in [0.3, 0.4) is 0 Å². The monoisotopic (exact) mass is 656 g/mol. The Hall–Kier alpha value is -6.32. The first-order valence-corrected chi connectivity index (χ1v) is 17.7. The van der Waals surface area contributed by atoms with Crippen molar-refractivity contribution < 1.29 is 4.42 Å². The Kier molecular flexibility index (Phi) is 6.59. The van der Waals surface area contributed by atoms with Gasteiger partial charge in [-0.15, -0.1) is 0 Å². The van der Waals surface area contributed by atoms with E-state index < -0.39 is 0 Å². The number of anilines is 6. The molecule has 7 aromatic carbocycles. The van der Waals surface area contributed by atoms with E-state index in [2.05, 4.69) is 187 Å². The van der Waals surface area contributed by atoms with Gasteiger partial charge in [0.15, 0.2) is 0 Å². The Morgan fingerprint density at radius 3 is 2.02 bits per heavy atom. The number of hydrogen-bond acceptors (Lipinski definition) is 3.